The Kier molecular flexibility index (Phi) is 8.24. The summed E-state index contributed by atoms with van der Waals surface area (Å²) >= 11 is 0. The lowest BCUT2D eigenvalue weighted by Gasteiger charge is -2.36. The third-order valence-corrected chi connectivity index (χ3v) is 6.91. The lowest BCUT2D eigenvalue weighted by molar-refractivity contribution is 0.0735. The molecule has 0 N–H and O–H groups in total. The van der Waals surface area contributed by atoms with Crippen molar-refractivity contribution in [3.05, 3.63) is 77.5 Å². The van der Waals surface area contributed by atoms with Gasteiger partial charge in [0, 0.05) is 43.9 Å². The van der Waals surface area contributed by atoms with Crippen LogP contribution in [0.1, 0.15) is 48.8 Å². The second-order valence-electron chi connectivity index (χ2n) is 9.83. The molecular formula is C29H39N5O. The molecule has 0 saturated carbocycles. The summed E-state index contributed by atoms with van der Waals surface area (Å²) in [6, 6.07) is 20.0. The number of carbonyl (C=O) groups excluding carboxylic acids is 1. The predicted molar refractivity (Wildman–Crippen MR) is 143 cm³/mol. The van der Waals surface area contributed by atoms with Gasteiger partial charge in [0.25, 0.3) is 5.91 Å². The van der Waals surface area contributed by atoms with Crippen LogP contribution in [0.2, 0.25) is 0 Å². The fourth-order valence-corrected chi connectivity index (χ4v) is 4.70. The van der Waals surface area contributed by atoms with Crippen LogP contribution in [-0.2, 0) is 6.54 Å². The Labute approximate surface area is 210 Å². The Morgan fingerprint density at radius 3 is 2.20 bits per heavy atom. The van der Waals surface area contributed by atoms with Crippen LogP contribution < -0.4 is 4.90 Å². The Morgan fingerprint density at radius 1 is 0.971 bits per heavy atom. The second kappa shape index (κ2) is 11.5. The van der Waals surface area contributed by atoms with E-state index < -0.39 is 0 Å². The highest BCUT2D eigenvalue weighted by atomic mass is 16.2. The van der Waals surface area contributed by atoms with Gasteiger partial charge in [-0.25, -0.2) is 4.68 Å². The maximum absolute atomic E-state index is 13.6. The summed E-state index contributed by atoms with van der Waals surface area (Å²) in [6.07, 6.45) is 0.967. The number of carbonyl (C=O) groups is 1. The highest BCUT2D eigenvalue weighted by Gasteiger charge is 2.28. The van der Waals surface area contributed by atoms with E-state index in [0.717, 1.165) is 74.0 Å². The quantitative estimate of drug-likeness (QED) is 0.438. The molecule has 1 aliphatic rings. The molecule has 1 saturated heterocycles. The van der Waals surface area contributed by atoms with Gasteiger partial charge in [0.15, 0.2) is 0 Å². The van der Waals surface area contributed by atoms with Crippen molar-refractivity contribution in [2.24, 2.45) is 5.92 Å². The molecule has 1 amide bonds. The minimum atomic E-state index is 0.0832. The van der Waals surface area contributed by atoms with Crippen LogP contribution in [0.15, 0.2) is 60.7 Å². The van der Waals surface area contributed by atoms with Gasteiger partial charge in [-0.1, -0.05) is 57.2 Å². The summed E-state index contributed by atoms with van der Waals surface area (Å²) in [5.74, 6) is 1.73. The van der Waals surface area contributed by atoms with Crippen molar-refractivity contribution in [1.82, 2.24) is 19.6 Å². The van der Waals surface area contributed by atoms with E-state index in [4.69, 9.17) is 5.10 Å². The number of hydrogen-bond donors (Lipinski definition) is 0. The van der Waals surface area contributed by atoms with Crippen molar-refractivity contribution in [3.63, 3.8) is 0 Å². The van der Waals surface area contributed by atoms with Gasteiger partial charge >= 0.3 is 0 Å². The predicted octanol–water partition coefficient (Wildman–Crippen LogP) is 5.01. The smallest absolute Gasteiger partial charge is 0.254 e. The summed E-state index contributed by atoms with van der Waals surface area (Å²) in [6.45, 7) is 15.1. The Morgan fingerprint density at radius 2 is 1.60 bits per heavy atom. The summed E-state index contributed by atoms with van der Waals surface area (Å²) in [5, 5.41) is 5.00. The number of anilines is 1. The topological polar surface area (TPSA) is 44.6 Å². The molecule has 0 atom stereocenters. The van der Waals surface area contributed by atoms with Crippen molar-refractivity contribution in [2.45, 2.75) is 40.7 Å². The van der Waals surface area contributed by atoms with E-state index in [1.54, 1.807) is 0 Å². The van der Waals surface area contributed by atoms with E-state index in [2.05, 4.69) is 66.4 Å². The SMILES string of the molecule is CCN1CCN(c2c(CN(CCC(C)C)C(=O)c3ccccc3)c(C)nn2-c2ccccc2)CC1. The zero-order valence-electron chi connectivity index (χ0n) is 21.7. The number of aryl methyl sites for hydroxylation is 1. The average molecular weight is 474 g/mol. The van der Waals surface area contributed by atoms with Crippen LogP contribution in [0.25, 0.3) is 5.69 Å². The Bertz CT molecular complexity index is 1090. The monoisotopic (exact) mass is 473 g/mol. The first kappa shape index (κ1) is 25.0. The minimum Gasteiger partial charge on any atom is -0.354 e. The third-order valence-electron chi connectivity index (χ3n) is 6.91. The first-order valence-electron chi connectivity index (χ1n) is 12.9. The molecule has 1 aromatic heterocycles. The molecule has 2 aromatic carbocycles. The molecule has 0 unspecified atom stereocenters. The molecule has 6 heteroatoms. The third kappa shape index (κ3) is 5.93. The van der Waals surface area contributed by atoms with E-state index in [0.29, 0.717) is 12.5 Å². The van der Waals surface area contributed by atoms with E-state index in [-0.39, 0.29) is 5.91 Å². The Balaban J connectivity index is 1.72. The fourth-order valence-electron chi connectivity index (χ4n) is 4.70. The number of benzene rings is 2. The Hall–Kier alpha value is -3.12. The van der Waals surface area contributed by atoms with Crippen molar-refractivity contribution in [3.8, 4) is 5.69 Å². The molecule has 1 fully saturated rings. The van der Waals surface area contributed by atoms with Crippen molar-refractivity contribution in [1.29, 1.82) is 0 Å². The number of nitrogens with zero attached hydrogens (tertiary/aromatic N) is 5. The lowest BCUT2D eigenvalue weighted by atomic mass is 10.1. The zero-order valence-corrected chi connectivity index (χ0v) is 21.7. The second-order valence-corrected chi connectivity index (χ2v) is 9.83. The maximum atomic E-state index is 13.6. The first-order valence-corrected chi connectivity index (χ1v) is 12.9. The average Bonchev–Trinajstić information content (AvgIpc) is 3.22. The summed E-state index contributed by atoms with van der Waals surface area (Å²) < 4.78 is 2.08. The number of amides is 1. The highest BCUT2D eigenvalue weighted by Crippen LogP contribution is 2.30. The van der Waals surface area contributed by atoms with E-state index in [9.17, 15) is 4.79 Å². The van der Waals surface area contributed by atoms with Crippen LogP contribution in [0.3, 0.4) is 0 Å². The number of hydrogen-bond acceptors (Lipinski definition) is 4. The normalized spacial score (nSPS) is 14.5. The summed E-state index contributed by atoms with van der Waals surface area (Å²) in [4.78, 5) is 20.6. The van der Waals surface area contributed by atoms with Crippen molar-refractivity contribution in [2.75, 3.05) is 44.2 Å². The molecule has 4 rings (SSSR count). The van der Waals surface area contributed by atoms with E-state index in [1.807, 2.05) is 41.3 Å². The van der Waals surface area contributed by atoms with Crippen LogP contribution in [0.5, 0.6) is 0 Å². The molecule has 6 nitrogen and oxygen atoms in total. The zero-order chi connectivity index (χ0) is 24.8. The van der Waals surface area contributed by atoms with E-state index in [1.165, 1.54) is 0 Å². The lowest BCUT2D eigenvalue weighted by Crippen LogP contribution is -2.47. The molecule has 2 heterocycles. The molecule has 1 aliphatic heterocycles. The molecule has 0 radical (unpaired) electrons. The van der Waals surface area contributed by atoms with Crippen LogP contribution in [-0.4, -0.2) is 64.8 Å². The van der Waals surface area contributed by atoms with Gasteiger partial charge in [-0.05, 0) is 50.1 Å². The van der Waals surface area contributed by atoms with Crippen LogP contribution in [0, 0.1) is 12.8 Å². The van der Waals surface area contributed by atoms with Gasteiger partial charge in [0.05, 0.1) is 17.9 Å². The van der Waals surface area contributed by atoms with Crippen molar-refractivity contribution >= 4 is 11.7 Å². The van der Waals surface area contributed by atoms with Crippen LogP contribution in [0.4, 0.5) is 5.82 Å². The molecule has 186 valence electrons. The molecule has 3 aromatic rings. The number of rotatable bonds is 9. The minimum absolute atomic E-state index is 0.0832. The van der Waals surface area contributed by atoms with Crippen LogP contribution >= 0.6 is 0 Å². The standard InChI is InChI=1S/C29H39N5O/c1-5-31-18-20-32(21-19-31)28-27(24(4)30-34(28)26-14-10-7-11-15-26)22-33(17-16-23(2)3)29(35)25-12-8-6-9-13-25/h6-15,23H,5,16-22H2,1-4H3. The van der Waals surface area contributed by atoms with Gasteiger partial charge < -0.3 is 14.7 Å². The molecule has 0 spiro atoms. The molecule has 0 aliphatic carbocycles. The van der Waals surface area contributed by atoms with E-state index >= 15 is 0 Å². The van der Waals surface area contributed by atoms with Gasteiger partial charge in [0.2, 0.25) is 0 Å². The number of para-hydroxylation sites is 1. The first-order chi connectivity index (χ1) is 17.0. The number of piperazine rings is 1. The van der Waals surface area contributed by atoms with Gasteiger partial charge in [-0.3, -0.25) is 4.79 Å². The van der Waals surface area contributed by atoms with Gasteiger partial charge in [-0.15, -0.1) is 0 Å². The highest BCUT2D eigenvalue weighted by molar-refractivity contribution is 5.94. The largest absolute Gasteiger partial charge is 0.354 e. The van der Waals surface area contributed by atoms with Gasteiger partial charge in [0.1, 0.15) is 5.82 Å². The number of aromatic nitrogens is 2. The maximum Gasteiger partial charge on any atom is 0.254 e. The fraction of sp³-hybridized carbons (Fsp3) is 0.448. The molecular weight excluding hydrogens is 434 g/mol. The molecule has 35 heavy (non-hydrogen) atoms. The summed E-state index contributed by atoms with van der Waals surface area (Å²) in [7, 11) is 0. The molecule has 0 bridgehead atoms. The van der Waals surface area contributed by atoms with Gasteiger partial charge in [-0.2, -0.15) is 5.10 Å². The van der Waals surface area contributed by atoms with Crippen molar-refractivity contribution < 1.29 is 4.79 Å². The summed E-state index contributed by atoms with van der Waals surface area (Å²) in [5.41, 5.74) is 3.92. The number of likely N-dealkylation sites (N-methyl/N-ethyl adjacent to an activating group) is 1.